The Balaban J connectivity index is 1.76. The molecule has 0 bridgehead atoms. The molecule has 0 atom stereocenters. The number of ether oxygens (including phenoxy) is 1. The van der Waals surface area contributed by atoms with Gasteiger partial charge in [0, 0.05) is 22.8 Å². The lowest BCUT2D eigenvalue weighted by molar-refractivity contribution is -0.394. The monoisotopic (exact) mass is 585 g/mol. The molecular formula is C24H19N5O11S. The Bertz CT molecular complexity index is 1810. The number of nitrogens with one attached hydrogen (secondary N) is 1. The highest BCUT2D eigenvalue weighted by atomic mass is 32.2. The van der Waals surface area contributed by atoms with Gasteiger partial charge < -0.3 is 25.4 Å². The van der Waals surface area contributed by atoms with Crippen LogP contribution in [0.3, 0.4) is 0 Å². The lowest BCUT2D eigenvalue weighted by Crippen LogP contribution is -2.01. The molecule has 16 nitrogen and oxygen atoms in total. The van der Waals surface area contributed by atoms with E-state index < -0.39 is 59.1 Å². The van der Waals surface area contributed by atoms with E-state index in [-0.39, 0.29) is 24.0 Å². The quantitative estimate of drug-likeness (QED) is 0.0725. The highest BCUT2D eigenvalue weighted by Crippen LogP contribution is 2.44. The molecule has 0 aromatic heterocycles. The van der Waals surface area contributed by atoms with Crippen LogP contribution in [0.4, 0.5) is 34.1 Å². The third-order valence-corrected chi connectivity index (χ3v) is 6.42. The number of nitrogens with zero attached hydrogens (tertiary/aromatic N) is 4. The Morgan fingerprint density at radius 2 is 1.56 bits per heavy atom. The molecule has 5 N–H and O–H groups in total. The molecule has 0 amide bonds. The van der Waals surface area contributed by atoms with Crippen LogP contribution in [0.15, 0.2) is 75.8 Å². The molecule has 0 heterocycles. The third kappa shape index (κ3) is 6.27. The fourth-order valence-corrected chi connectivity index (χ4v) is 4.36. The predicted molar refractivity (Wildman–Crippen MR) is 143 cm³/mol. The predicted octanol–water partition coefficient (Wildman–Crippen LogP) is 4.84. The minimum atomic E-state index is -5.03. The summed E-state index contributed by atoms with van der Waals surface area (Å²) < 4.78 is 39.5. The molecule has 4 rings (SSSR count). The van der Waals surface area contributed by atoms with Crippen molar-refractivity contribution in [1.82, 2.24) is 0 Å². The van der Waals surface area contributed by atoms with Crippen LogP contribution in [0.1, 0.15) is 0 Å². The molecule has 0 fully saturated rings. The van der Waals surface area contributed by atoms with Crippen molar-refractivity contribution in [2.75, 3.05) is 18.5 Å². The average Bonchev–Trinajstić information content (AvgIpc) is 2.91. The highest BCUT2D eigenvalue weighted by Gasteiger charge is 2.26. The summed E-state index contributed by atoms with van der Waals surface area (Å²) in [6, 6.07) is 13.3. The summed E-state index contributed by atoms with van der Waals surface area (Å²) in [6.07, 6.45) is 0. The van der Waals surface area contributed by atoms with Crippen LogP contribution >= 0.6 is 0 Å². The first-order valence-corrected chi connectivity index (χ1v) is 12.8. The van der Waals surface area contributed by atoms with Crippen LogP contribution in [-0.4, -0.2) is 51.4 Å². The zero-order chi connectivity index (χ0) is 29.9. The number of rotatable bonds is 10. The van der Waals surface area contributed by atoms with Crippen molar-refractivity contribution in [3.05, 3.63) is 80.9 Å². The zero-order valence-electron chi connectivity index (χ0n) is 20.5. The summed E-state index contributed by atoms with van der Waals surface area (Å²) in [5, 5.41) is 62.5. The molecular weight excluding hydrogens is 566 g/mol. The number of hydrogen-bond donors (Lipinski definition) is 5. The first-order chi connectivity index (χ1) is 19.4. The van der Waals surface area contributed by atoms with Crippen molar-refractivity contribution in [3.63, 3.8) is 0 Å². The van der Waals surface area contributed by atoms with Crippen molar-refractivity contribution < 1.29 is 42.9 Å². The summed E-state index contributed by atoms with van der Waals surface area (Å²) in [5.41, 5.74) is -2.33. The van der Waals surface area contributed by atoms with Crippen molar-refractivity contribution in [3.8, 4) is 17.2 Å². The van der Waals surface area contributed by atoms with Gasteiger partial charge in [0.05, 0.1) is 22.5 Å². The largest absolute Gasteiger partial charge is 0.505 e. The first-order valence-electron chi connectivity index (χ1n) is 11.3. The number of nitro benzene ring substituents is 2. The van der Waals surface area contributed by atoms with Gasteiger partial charge in [-0.25, -0.2) is 0 Å². The second kappa shape index (κ2) is 11.4. The minimum absolute atomic E-state index is 0.0684. The van der Waals surface area contributed by atoms with E-state index in [9.17, 15) is 43.4 Å². The molecule has 0 saturated heterocycles. The molecule has 0 unspecified atom stereocenters. The molecule has 0 aliphatic heterocycles. The topological polar surface area (TPSA) is 247 Å². The SMILES string of the molecule is O=[N+]([O-])c1cc(/N=N/c2c(S(=O)(=O)O)cc3cc(Nc4ccc(OCCO)cc4)ccc3c2O)c(O)c([N+](=O)[O-])c1. The summed E-state index contributed by atoms with van der Waals surface area (Å²) in [7, 11) is -5.03. The molecule has 0 saturated carbocycles. The fraction of sp³-hybridized carbons (Fsp3) is 0.0833. The van der Waals surface area contributed by atoms with E-state index in [0.29, 0.717) is 29.3 Å². The second-order valence-electron chi connectivity index (χ2n) is 8.25. The van der Waals surface area contributed by atoms with E-state index in [1.165, 1.54) is 12.1 Å². The van der Waals surface area contributed by atoms with Crippen LogP contribution < -0.4 is 10.1 Å². The van der Waals surface area contributed by atoms with Crippen LogP contribution in [-0.2, 0) is 10.1 Å². The van der Waals surface area contributed by atoms with Gasteiger partial charge in [-0.1, -0.05) is 0 Å². The molecule has 4 aromatic carbocycles. The molecule has 17 heteroatoms. The Hall–Kier alpha value is -5.39. The van der Waals surface area contributed by atoms with Gasteiger partial charge in [-0.05, 0) is 53.9 Å². The number of phenolic OH excluding ortho intramolecular Hbond substituents is 2. The van der Waals surface area contributed by atoms with E-state index in [2.05, 4.69) is 15.5 Å². The molecule has 0 radical (unpaired) electrons. The van der Waals surface area contributed by atoms with Gasteiger partial charge in [-0.2, -0.15) is 8.42 Å². The van der Waals surface area contributed by atoms with Gasteiger partial charge in [-0.15, -0.1) is 10.2 Å². The van der Waals surface area contributed by atoms with Crippen molar-refractivity contribution >= 4 is 55.0 Å². The maximum Gasteiger partial charge on any atom is 0.319 e. The number of anilines is 2. The number of non-ortho nitro benzene ring substituents is 1. The van der Waals surface area contributed by atoms with E-state index in [4.69, 9.17) is 9.84 Å². The number of phenols is 2. The number of azo groups is 1. The third-order valence-electron chi connectivity index (χ3n) is 5.55. The highest BCUT2D eigenvalue weighted by molar-refractivity contribution is 7.86. The number of hydrogen-bond acceptors (Lipinski definition) is 13. The van der Waals surface area contributed by atoms with Gasteiger partial charge in [0.1, 0.15) is 28.6 Å². The summed E-state index contributed by atoms with van der Waals surface area (Å²) in [4.78, 5) is 19.4. The van der Waals surface area contributed by atoms with Crippen LogP contribution in [0.25, 0.3) is 10.8 Å². The van der Waals surface area contributed by atoms with Gasteiger partial charge >= 0.3 is 5.69 Å². The summed E-state index contributed by atoms with van der Waals surface area (Å²) in [5.74, 6) is -1.32. The summed E-state index contributed by atoms with van der Waals surface area (Å²) >= 11 is 0. The average molecular weight is 586 g/mol. The Labute approximate surface area is 229 Å². The van der Waals surface area contributed by atoms with E-state index in [1.54, 1.807) is 30.3 Å². The second-order valence-corrected chi connectivity index (χ2v) is 9.64. The Morgan fingerprint density at radius 1 is 0.878 bits per heavy atom. The summed E-state index contributed by atoms with van der Waals surface area (Å²) in [6.45, 7) is -0.0106. The maximum absolute atomic E-state index is 12.2. The van der Waals surface area contributed by atoms with Gasteiger partial charge in [0.25, 0.3) is 15.8 Å². The lowest BCUT2D eigenvalue weighted by atomic mass is 10.1. The maximum atomic E-state index is 12.2. The fourth-order valence-electron chi connectivity index (χ4n) is 3.70. The number of benzene rings is 4. The first kappa shape index (κ1) is 28.6. The number of aliphatic hydroxyl groups excluding tert-OH is 1. The molecule has 4 aromatic rings. The van der Waals surface area contributed by atoms with Crippen molar-refractivity contribution in [2.45, 2.75) is 4.90 Å². The molecule has 212 valence electrons. The van der Waals surface area contributed by atoms with E-state index >= 15 is 0 Å². The Kier molecular flexibility index (Phi) is 7.94. The molecule has 41 heavy (non-hydrogen) atoms. The minimum Gasteiger partial charge on any atom is -0.505 e. The number of nitro groups is 2. The van der Waals surface area contributed by atoms with Crippen LogP contribution in [0.2, 0.25) is 0 Å². The number of aromatic hydroxyl groups is 2. The lowest BCUT2D eigenvalue weighted by Gasteiger charge is -2.12. The molecule has 0 aliphatic carbocycles. The number of fused-ring (bicyclic) bond motifs is 1. The van der Waals surface area contributed by atoms with Gasteiger partial charge in [0.2, 0.25) is 5.75 Å². The normalized spacial score (nSPS) is 11.6. The van der Waals surface area contributed by atoms with Gasteiger partial charge in [-0.3, -0.25) is 24.8 Å². The van der Waals surface area contributed by atoms with E-state index in [1.807, 2.05) is 0 Å². The Morgan fingerprint density at radius 3 is 2.17 bits per heavy atom. The van der Waals surface area contributed by atoms with Crippen molar-refractivity contribution in [2.24, 2.45) is 10.2 Å². The zero-order valence-corrected chi connectivity index (χ0v) is 21.3. The smallest absolute Gasteiger partial charge is 0.319 e. The van der Waals surface area contributed by atoms with Crippen LogP contribution in [0.5, 0.6) is 17.2 Å². The van der Waals surface area contributed by atoms with Gasteiger partial charge in [0.15, 0.2) is 5.75 Å². The van der Waals surface area contributed by atoms with Crippen molar-refractivity contribution in [1.29, 1.82) is 0 Å². The van der Waals surface area contributed by atoms with E-state index in [0.717, 1.165) is 6.07 Å². The molecule has 0 aliphatic rings. The standard InChI is InChI=1S/C24H19N5O11S/c30-7-8-40-17-4-1-14(2-5-17)25-15-3-6-18-13(9-15)10-21(41(37,38)39)22(23(18)31)27-26-19-11-16(28(33)34)12-20(24(19)32)29(35)36/h1-6,9-12,25,30-32H,7-8H2,(H,37,38,39)/b27-26+. The molecule has 0 spiro atoms. The van der Waals surface area contributed by atoms with Crippen LogP contribution in [0, 0.1) is 20.2 Å². The number of aliphatic hydroxyl groups is 1.